The van der Waals surface area contributed by atoms with Gasteiger partial charge in [-0.15, -0.1) is 11.3 Å². The minimum atomic E-state index is -0.303. The summed E-state index contributed by atoms with van der Waals surface area (Å²) in [6.07, 6.45) is 2.75. The maximum absolute atomic E-state index is 12.1. The van der Waals surface area contributed by atoms with Gasteiger partial charge in [0.15, 0.2) is 5.13 Å². The van der Waals surface area contributed by atoms with Crippen LogP contribution < -0.4 is 5.32 Å². The minimum Gasteiger partial charge on any atom is -0.465 e. The summed E-state index contributed by atoms with van der Waals surface area (Å²) < 4.78 is 5.09. The number of aryl methyl sites for hydroxylation is 1. The third kappa shape index (κ3) is 4.50. The molecule has 1 atom stereocenters. The molecular weight excluding hydrogens is 290 g/mol. The highest BCUT2D eigenvalue weighted by molar-refractivity contribution is 7.13. The Kier molecular flexibility index (Phi) is 5.69. The van der Waals surface area contributed by atoms with E-state index < -0.39 is 0 Å². The number of thiazole rings is 1. The Hall–Kier alpha value is -1.47. The van der Waals surface area contributed by atoms with E-state index in [0.29, 0.717) is 11.7 Å². The number of nitrogens with zero attached hydrogens (tertiary/aromatic N) is 2. The topological polar surface area (TPSA) is 71.5 Å². The predicted molar refractivity (Wildman–Crippen MR) is 81.3 cm³/mol. The molecule has 7 heteroatoms. The summed E-state index contributed by atoms with van der Waals surface area (Å²) in [5.74, 6) is -0.365. The number of anilines is 1. The highest BCUT2D eigenvalue weighted by Crippen LogP contribution is 2.19. The first-order valence-corrected chi connectivity index (χ1v) is 8.10. The molecule has 1 aromatic heterocycles. The first-order chi connectivity index (χ1) is 10.1. The number of carbonyl (C=O) groups is 2. The summed E-state index contributed by atoms with van der Waals surface area (Å²) in [5.41, 5.74) is 0.887. The molecule has 1 aliphatic rings. The fourth-order valence-electron chi connectivity index (χ4n) is 2.44. The Morgan fingerprint density at radius 3 is 3.00 bits per heavy atom. The summed E-state index contributed by atoms with van der Waals surface area (Å²) in [6, 6.07) is -0.303. The molecule has 2 heterocycles. The molecule has 0 aromatic carbocycles. The van der Waals surface area contributed by atoms with Crippen LogP contribution in [0.3, 0.4) is 0 Å². The van der Waals surface area contributed by atoms with Gasteiger partial charge in [0.2, 0.25) is 5.91 Å². The molecule has 1 unspecified atom stereocenters. The predicted octanol–water partition coefficient (Wildman–Crippen LogP) is 1.81. The fourth-order valence-corrected chi connectivity index (χ4v) is 3.14. The van der Waals surface area contributed by atoms with Crippen molar-refractivity contribution >= 4 is 28.3 Å². The molecule has 21 heavy (non-hydrogen) atoms. The Bertz CT molecular complexity index is 503. The van der Waals surface area contributed by atoms with Gasteiger partial charge in [-0.2, -0.15) is 0 Å². The molecule has 0 radical (unpaired) electrons. The third-order valence-corrected chi connectivity index (χ3v) is 4.26. The van der Waals surface area contributed by atoms with Gasteiger partial charge in [-0.25, -0.2) is 4.98 Å². The smallest absolute Gasteiger partial charge is 0.323 e. The number of hydrogen-bond donors (Lipinski definition) is 1. The molecule has 1 aromatic rings. The normalized spacial score (nSPS) is 19.2. The van der Waals surface area contributed by atoms with Crippen LogP contribution in [0.25, 0.3) is 0 Å². The van der Waals surface area contributed by atoms with Crippen LogP contribution in [-0.2, 0) is 14.3 Å². The summed E-state index contributed by atoms with van der Waals surface area (Å²) in [5, 5.41) is 5.26. The van der Waals surface area contributed by atoms with Crippen molar-refractivity contribution in [3.63, 3.8) is 0 Å². The highest BCUT2D eigenvalue weighted by Gasteiger charge is 2.31. The summed E-state index contributed by atoms with van der Waals surface area (Å²) in [4.78, 5) is 30.1. The molecule has 1 fully saturated rings. The lowest BCUT2D eigenvalue weighted by molar-refractivity contribution is -0.151. The lowest BCUT2D eigenvalue weighted by Gasteiger charge is -2.33. The number of hydrogen-bond acceptors (Lipinski definition) is 6. The van der Waals surface area contributed by atoms with Gasteiger partial charge in [0.1, 0.15) is 6.04 Å². The van der Waals surface area contributed by atoms with Gasteiger partial charge in [-0.1, -0.05) is 6.42 Å². The van der Waals surface area contributed by atoms with Crippen LogP contribution >= 0.6 is 11.3 Å². The first kappa shape index (κ1) is 15.9. The zero-order valence-corrected chi connectivity index (χ0v) is 13.2. The minimum absolute atomic E-state index is 0.138. The van der Waals surface area contributed by atoms with Crippen molar-refractivity contribution in [1.29, 1.82) is 0 Å². The standard InChI is InChI=1S/C14H21N3O3S/c1-3-20-13(19)11-6-4-5-7-17(11)8-12(18)16-14-15-10(2)9-21-14/h9,11H,3-8H2,1-2H3,(H,15,16,18). The van der Waals surface area contributed by atoms with Crippen LogP contribution in [0.15, 0.2) is 5.38 Å². The number of likely N-dealkylation sites (tertiary alicyclic amines) is 1. The highest BCUT2D eigenvalue weighted by atomic mass is 32.1. The van der Waals surface area contributed by atoms with Crippen molar-refractivity contribution in [2.45, 2.75) is 39.2 Å². The van der Waals surface area contributed by atoms with Crippen molar-refractivity contribution in [2.24, 2.45) is 0 Å². The number of aromatic nitrogens is 1. The van der Waals surface area contributed by atoms with E-state index >= 15 is 0 Å². The average Bonchev–Trinajstić information content (AvgIpc) is 2.84. The third-order valence-electron chi connectivity index (χ3n) is 3.38. The second-order valence-corrected chi connectivity index (χ2v) is 5.93. The van der Waals surface area contributed by atoms with Crippen molar-refractivity contribution in [3.8, 4) is 0 Å². The molecule has 0 aliphatic carbocycles. The summed E-state index contributed by atoms with van der Waals surface area (Å²) >= 11 is 1.40. The molecule has 1 aliphatic heterocycles. The van der Waals surface area contributed by atoms with E-state index in [-0.39, 0.29) is 24.5 Å². The maximum Gasteiger partial charge on any atom is 0.323 e. The van der Waals surface area contributed by atoms with Crippen LogP contribution in [-0.4, -0.2) is 47.5 Å². The van der Waals surface area contributed by atoms with Crippen LogP contribution in [0.4, 0.5) is 5.13 Å². The lowest BCUT2D eigenvalue weighted by atomic mass is 10.0. The van der Waals surface area contributed by atoms with Gasteiger partial charge < -0.3 is 10.1 Å². The van der Waals surface area contributed by atoms with Gasteiger partial charge >= 0.3 is 5.97 Å². The van der Waals surface area contributed by atoms with E-state index in [0.717, 1.165) is 31.5 Å². The number of piperidine rings is 1. The van der Waals surface area contributed by atoms with E-state index in [1.165, 1.54) is 11.3 Å². The van der Waals surface area contributed by atoms with E-state index in [1.54, 1.807) is 6.92 Å². The number of ether oxygens (including phenoxy) is 1. The van der Waals surface area contributed by atoms with E-state index in [9.17, 15) is 9.59 Å². The number of esters is 1. The molecule has 6 nitrogen and oxygen atoms in total. The van der Waals surface area contributed by atoms with Gasteiger partial charge in [0.25, 0.3) is 0 Å². The molecule has 1 N–H and O–H groups in total. The summed E-state index contributed by atoms with van der Waals surface area (Å²) in [6.45, 7) is 4.99. The Morgan fingerprint density at radius 2 is 2.33 bits per heavy atom. The van der Waals surface area contributed by atoms with Crippen molar-refractivity contribution < 1.29 is 14.3 Å². The van der Waals surface area contributed by atoms with Crippen LogP contribution in [0.2, 0.25) is 0 Å². The molecule has 0 bridgehead atoms. The number of amides is 1. The molecular formula is C14H21N3O3S. The zero-order chi connectivity index (χ0) is 15.2. The van der Waals surface area contributed by atoms with Crippen LogP contribution in [0.1, 0.15) is 31.9 Å². The zero-order valence-electron chi connectivity index (χ0n) is 12.4. The van der Waals surface area contributed by atoms with Crippen molar-refractivity contribution in [1.82, 2.24) is 9.88 Å². The maximum atomic E-state index is 12.1. The van der Waals surface area contributed by atoms with Crippen LogP contribution in [0, 0.1) is 6.92 Å². The molecule has 2 rings (SSSR count). The Balaban J connectivity index is 1.92. The number of nitrogens with one attached hydrogen (secondary N) is 1. The number of carbonyl (C=O) groups excluding carboxylic acids is 2. The molecule has 116 valence electrons. The molecule has 0 spiro atoms. The van der Waals surface area contributed by atoms with E-state index in [1.807, 2.05) is 17.2 Å². The van der Waals surface area contributed by atoms with Crippen molar-refractivity contribution in [3.05, 3.63) is 11.1 Å². The second-order valence-electron chi connectivity index (χ2n) is 5.08. The fraction of sp³-hybridized carbons (Fsp3) is 0.643. The molecule has 0 saturated carbocycles. The lowest BCUT2D eigenvalue weighted by Crippen LogP contribution is -2.48. The Morgan fingerprint density at radius 1 is 1.52 bits per heavy atom. The quantitative estimate of drug-likeness (QED) is 0.840. The van der Waals surface area contributed by atoms with E-state index in [2.05, 4.69) is 10.3 Å². The van der Waals surface area contributed by atoms with Crippen LogP contribution in [0.5, 0.6) is 0 Å². The summed E-state index contributed by atoms with van der Waals surface area (Å²) in [7, 11) is 0. The van der Waals surface area contributed by atoms with Gasteiger partial charge in [0, 0.05) is 5.38 Å². The van der Waals surface area contributed by atoms with Gasteiger partial charge in [-0.3, -0.25) is 14.5 Å². The largest absolute Gasteiger partial charge is 0.465 e. The second kappa shape index (κ2) is 7.51. The van der Waals surface area contributed by atoms with Crippen molar-refractivity contribution in [2.75, 3.05) is 25.0 Å². The number of rotatable bonds is 5. The monoisotopic (exact) mass is 311 g/mol. The SMILES string of the molecule is CCOC(=O)C1CCCCN1CC(=O)Nc1nc(C)cs1. The first-order valence-electron chi connectivity index (χ1n) is 7.23. The molecule has 1 amide bonds. The van der Waals surface area contributed by atoms with E-state index in [4.69, 9.17) is 4.74 Å². The van der Waals surface area contributed by atoms with Gasteiger partial charge in [-0.05, 0) is 33.2 Å². The van der Waals surface area contributed by atoms with Gasteiger partial charge in [0.05, 0.1) is 18.8 Å². The average molecular weight is 311 g/mol. The molecule has 1 saturated heterocycles. The Labute approximate surface area is 128 Å².